The van der Waals surface area contributed by atoms with Crippen LogP contribution >= 0.6 is 11.3 Å². The van der Waals surface area contributed by atoms with Crippen LogP contribution in [-0.2, 0) is 11.2 Å². The van der Waals surface area contributed by atoms with Crippen LogP contribution < -0.4 is 5.32 Å². The second kappa shape index (κ2) is 5.95. The van der Waals surface area contributed by atoms with E-state index in [0.717, 1.165) is 17.7 Å². The highest BCUT2D eigenvalue weighted by molar-refractivity contribution is 7.13. The number of hydrogen-bond acceptors (Lipinski definition) is 6. The van der Waals surface area contributed by atoms with Crippen LogP contribution in [0.1, 0.15) is 31.6 Å². The highest BCUT2D eigenvalue weighted by atomic mass is 32.1. The Bertz CT molecular complexity index is 605. The largest absolute Gasteiger partial charge is 0.480 e. The molecular weight excluding hydrogens is 290 g/mol. The predicted molar refractivity (Wildman–Crippen MR) is 78.2 cm³/mol. The van der Waals surface area contributed by atoms with Crippen molar-refractivity contribution >= 4 is 17.3 Å². The van der Waals surface area contributed by atoms with Gasteiger partial charge in [0.1, 0.15) is 5.54 Å². The average Bonchev–Trinajstić information content (AvgIpc) is 3.07. The number of aromatic nitrogens is 2. The van der Waals surface area contributed by atoms with E-state index in [0.29, 0.717) is 37.5 Å². The summed E-state index contributed by atoms with van der Waals surface area (Å²) in [4.78, 5) is 16.5. The molecule has 0 aromatic carbocycles. The lowest BCUT2D eigenvalue weighted by Gasteiger charge is -2.38. The topological polar surface area (TPSA) is 88.2 Å². The number of aryl methyl sites for hydroxylation is 1. The Morgan fingerprint density at radius 1 is 1.52 bits per heavy atom. The van der Waals surface area contributed by atoms with Crippen molar-refractivity contribution in [2.24, 2.45) is 0 Å². The van der Waals surface area contributed by atoms with Crippen molar-refractivity contribution in [2.45, 2.75) is 37.6 Å². The molecule has 0 spiro atoms. The van der Waals surface area contributed by atoms with E-state index in [9.17, 15) is 9.90 Å². The first-order chi connectivity index (χ1) is 10.2. The van der Waals surface area contributed by atoms with Gasteiger partial charge in [-0.05, 0) is 43.7 Å². The van der Waals surface area contributed by atoms with E-state index < -0.39 is 11.5 Å². The van der Waals surface area contributed by atoms with Crippen LogP contribution in [0.4, 0.5) is 0 Å². The molecule has 0 bridgehead atoms. The van der Waals surface area contributed by atoms with Crippen LogP contribution in [0.5, 0.6) is 0 Å². The zero-order valence-corrected chi connectivity index (χ0v) is 12.4. The molecule has 1 fully saturated rings. The summed E-state index contributed by atoms with van der Waals surface area (Å²) < 4.78 is 5.21. The number of thiophene rings is 1. The van der Waals surface area contributed by atoms with Crippen molar-refractivity contribution in [3.63, 3.8) is 0 Å². The molecule has 1 aliphatic carbocycles. The molecule has 21 heavy (non-hydrogen) atoms. The van der Waals surface area contributed by atoms with E-state index in [2.05, 4.69) is 15.5 Å². The van der Waals surface area contributed by atoms with Crippen molar-refractivity contribution in [1.82, 2.24) is 15.5 Å². The number of rotatable bonds is 7. The Kier molecular flexibility index (Phi) is 4.03. The second-order valence-electron chi connectivity index (χ2n) is 5.26. The highest BCUT2D eigenvalue weighted by Crippen LogP contribution is 2.31. The SMILES string of the molecule is O=C(O)C1(NCCCc2nc(-c3cccs3)no2)CCC1. The van der Waals surface area contributed by atoms with Crippen molar-refractivity contribution in [3.05, 3.63) is 23.4 Å². The summed E-state index contributed by atoms with van der Waals surface area (Å²) in [6.45, 7) is 0.642. The van der Waals surface area contributed by atoms with E-state index in [1.807, 2.05) is 17.5 Å². The summed E-state index contributed by atoms with van der Waals surface area (Å²) in [5.41, 5.74) is -0.697. The van der Waals surface area contributed by atoms with Crippen LogP contribution in [0.3, 0.4) is 0 Å². The van der Waals surface area contributed by atoms with E-state index in [4.69, 9.17) is 4.52 Å². The maximum atomic E-state index is 11.2. The van der Waals surface area contributed by atoms with Gasteiger partial charge in [0.15, 0.2) is 0 Å². The number of carbonyl (C=O) groups is 1. The average molecular weight is 307 g/mol. The Morgan fingerprint density at radius 3 is 3.00 bits per heavy atom. The minimum Gasteiger partial charge on any atom is -0.480 e. The third-order valence-electron chi connectivity index (χ3n) is 3.86. The molecule has 3 rings (SSSR count). The summed E-state index contributed by atoms with van der Waals surface area (Å²) in [6, 6.07) is 3.90. The quantitative estimate of drug-likeness (QED) is 0.763. The van der Waals surface area contributed by atoms with Gasteiger partial charge in [-0.2, -0.15) is 4.98 Å². The summed E-state index contributed by atoms with van der Waals surface area (Å²) in [5, 5.41) is 18.3. The highest BCUT2D eigenvalue weighted by Gasteiger charge is 2.43. The maximum absolute atomic E-state index is 11.2. The van der Waals surface area contributed by atoms with Crippen molar-refractivity contribution in [3.8, 4) is 10.7 Å². The fraction of sp³-hybridized carbons (Fsp3) is 0.500. The minimum absolute atomic E-state index is 0.596. The molecule has 7 heteroatoms. The lowest BCUT2D eigenvalue weighted by atomic mass is 9.77. The van der Waals surface area contributed by atoms with Crippen LogP contribution in [0.2, 0.25) is 0 Å². The molecule has 0 atom stereocenters. The molecule has 2 aromatic rings. The number of hydrogen-bond donors (Lipinski definition) is 2. The Balaban J connectivity index is 1.47. The fourth-order valence-electron chi connectivity index (χ4n) is 2.43. The first-order valence-corrected chi connectivity index (χ1v) is 7.92. The molecule has 2 aromatic heterocycles. The van der Waals surface area contributed by atoms with E-state index in [-0.39, 0.29) is 0 Å². The number of carboxylic acids is 1. The number of carboxylic acid groups (broad SMARTS) is 1. The van der Waals surface area contributed by atoms with Crippen molar-refractivity contribution in [1.29, 1.82) is 0 Å². The maximum Gasteiger partial charge on any atom is 0.323 e. The van der Waals surface area contributed by atoms with Gasteiger partial charge < -0.3 is 14.9 Å². The first-order valence-electron chi connectivity index (χ1n) is 7.04. The van der Waals surface area contributed by atoms with Gasteiger partial charge in [-0.15, -0.1) is 11.3 Å². The molecule has 0 aliphatic heterocycles. The molecule has 1 aliphatic rings. The van der Waals surface area contributed by atoms with Gasteiger partial charge in [-0.25, -0.2) is 0 Å². The molecule has 6 nitrogen and oxygen atoms in total. The van der Waals surface area contributed by atoms with Crippen LogP contribution in [0, 0.1) is 0 Å². The monoisotopic (exact) mass is 307 g/mol. The third-order valence-corrected chi connectivity index (χ3v) is 4.72. The van der Waals surface area contributed by atoms with Crippen LogP contribution in [0.15, 0.2) is 22.0 Å². The molecule has 0 saturated heterocycles. The van der Waals surface area contributed by atoms with E-state index >= 15 is 0 Å². The van der Waals surface area contributed by atoms with Gasteiger partial charge in [0.2, 0.25) is 11.7 Å². The summed E-state index contributed by atoms with van der Waals surface area (Å²) in [6.07, 6.45) is 3.84. The zero-order chi connectivity index (χ0) is 14.7. The van der Waals surface area contributed by atoms with Gasteiger partial charge >= 0.3 is 5.97 Å². The third kappa shape index (κ3) is 2.98. The molecule has 2 N–H and O–H groups in total. The van der Waals surface area contributed by atoms with Gasteiger partial charge in [0, 0.05) is 6.42 Å². The van der Waals surface area contributed by atoms with Gasteiger partial charge in [-0.1, -0.05) is 11.2 Å². The number of nitrogens with one attached hydrogen (secondary N) is 1. The summed E-state index contributed by atoms with van der Waals surface area (Å²) >= 11 is 1.57. The normalized spacial score (nSPS) is 16.6. The molecule has 0 amide bonds. The van der Waals surface area contributed by atoms with Crippen LogP contribution in [-0.4, -0.2) is 33.3 Å². The molecule has 1 saturated carbocycles. The smallest absolute Gasteiger partial charge is 0.323 e. The lowest BCUT2D eigenvalue weighted by molar-refractivity contribution is -0.148. The van der Waals surface area contributed by atoms with Gasteiger partial charge in [0.05, 0.1) is 4.88 Å². The summed E-state index contributed by atoms with van der Waals surface area (Å²) in [5.74, 6) is 0.471. The predicted octanol–water partition coefficient (Wildman–Crippen LogP) is 2.33. The molecule has 0 unspecified atom stereocenters. The number of aliphatic carboxylic acids is 1. The molecule has 2 heterocycles. The second-order valence-corrected chi connectivity index (χ2v) is 6.21. The van der Waals surface area contributed by atoms with Crippen molar-refractivity contribution < 1.29 is 14.4 Å². The lowest BCUT2D eigenvalue weighted by Crippen LogP contribution is -2.57. The Hall–Kier alpha value is -1.73. The molecule has 112 valence electrons. The standard InChI is InChI=1S/C14H17N3O3S/c18-13(19)14(6-3-7-14)15-8-1-5-11-16-12(17-20-11)10-4-2-9-21-10/h2,4,9,15H,1,3,5-8H2,(H,18,19). The van der Waals surface area contributed by atoms with E-state index in [1.165, 1.54) is 0 Å². The van der Waals surface area contributed by atoms with Gasteiger partial charge in [-0.3, -0.25) is 4.79 Å². The molecule has 0 radical (unpaired) electrons. The summed E-state index contributed by atoms with van der Waals surface area (Å²) in [7, 11) is 0. The number of nitrogens with zero attached hydrogens (tertiary/aromatic N) is 2. The van der Waals surface area contributed by atoms with Crippen LogP contribution in [0.25, 0.3) is 10.7 Å². The molecular formula is C14H17N3O3S. The zero-order valence-electron chi connectivity index (χ0n) is 11.5. The van der Waals surface area contributed by atoms with E-state index in [1.54, 1.807) is 11.3 Å². The Morgan fingerprint density at radius 2 is 2.38 bits per heavy atom. The van der Waals surface area contributed by atoms with Crippen molar-refractivity contribution in [2.75, 3.05) is 6.54 Å². The van der Waals surface area contributed by atoms with Gasteiger partial charge in [0.25, 0.3) is 0 Å². The fourth-order valence-corrected chi connectivity index (χ4v) is 3.08. The first kappa shape index (κ1) is 14.2. The Labute approximate surface area is 126 Å². The minimum atomic E-state index is -0.744.